The third kappa shape index (κ3) is 4.38. The highest BCUT2D eigenvalue weighted by Crippen LogP contribution is 1.95. The molecule has 0 amide bonds. The van der Waals surface area contributed by atoms with E-state index in [1.807, 2.05) is 0 Å². The van der Waals surface area contributed by atoms with Gasteiger partial charge in [-0.15, -0.1) is 0 Å². The summed E-state index contributed by atoms with van der Waals surface area (Å²) in [5.41, 5.74) is 0. The molecule has 0 aliphatic carbocycles. The molecule has 1 N–H and O–H groups in total. The Morgan fingerprint density at radius 2 is 2.45 bits per heavy atom. The summed E-state index contributed by atoms with van der Waals surface area (Å²) in [6.07, 6.45) is 1.33. The van der Waals surface area contributed by atoms with Crippen molar-refractivity contribution < 1.29 is 14.7 Å². The van der Waals surface area contributed by atoms with Gasteiger partial charge in [-0.25, -0.2) is 0 Å². The summed E-state index contributed by atoms with van der Waals surface area (Å²) in [7, 11) is 1.56. The lowest BCUT2D eigenvalue weighted by atomic mass is 10.4. The van der Waals surface area contributed by atoms with E-state index in [1.165, 1.54) is 0 Å². The molecule has 0 aliphatic rings. The normalized spacial score (nSPS) is 14.2. The smallest absolute Gasteiger partial charge is 0.222 e. The van der Waals surface area contributed by atoms with Crippen LogP contribution in [0.5, 0.6) is 0 Å². The minimum absolute atomic E-state index is 0.201. The van der Waals surface area contributed by atoms with Crippen LogP contribution in [0.15, 0.2) is 17.8 Å². The first kappa shape index (κ1) is 9.97. The molecule has 0 unspecified atom stereocenters. The Balaban J connectivity index is 3.77. The number of hydrogen-bond acceptors (Lipinski definition) is 4. The van der Waals surface area contributed by atoms with Crippen LogP contribution in [0.3, 0.4) is 0 Å². The van der Waals surface area contributed by atoms with E-state index < -0.39 is 0 Å². The maximum absolute atomic E-state index is 8.24. The van der Waals surface area contributed by atoms with Crippen molar-refractivity contribution in [3.63, 3.8) is 0 Å². The molecule has 0 aromatic rings. The first-order chi connectivity index (χ1) is 5.24. The van der Waals surface area contributed by atoms with Crippen molar-refractivity contribution >= 4 is 5.90 Å². The van der Waals surface area contributed by atoms with Crippen molar-refractivity contribution in [2.24, 2.45) is 5.16 Å². The highest BCUT2D eigenvalue weighted by atomic mass is 16.6. The van der Waals surface area contributed by atoms with Gasteiger partial charge in [-0.3, -0.25) is 0 Å². The van der Waals surface area contributed by atoms with E-state index in [-0.39, 0.29) is 12.0 Å². The summed E-state index contributed by atoms with van der Waals surface area (Å²) >= 11 is 0. The minimum Gasteiger partial charge on any atom is -0.469 e. The molecule has 11 heavy (non-hydrogen) atoms. The van der Waals surface area contributed by atoms with Gasteiger partial charge in [0.15, 0.2) is 0 Å². The number of rotatable bonds is 4. The Morgan fingerprint density at radius 1 is 1.82 bits per heavy atom. The number of nitrogens with zero attached hydrogens (tertiary/aromatic N) is 1. The molecular formula is C7H13NO3. The van der Waals surface area contributed by atoms with Crippen LogP contribution in [0.2, 0.25) is 0 Å². The SMILES string of the molecule is C=C[C@@H](COC)OC(C)=NO. The number of methoxy groups -OCH3 is 1. The van der Waals surface area contributed by atoms with E-state index >= 15 is 0 Å². The van der Waals surface area contributed by atoms with Crippen molar-refractivity contribution in [2.45, 2.75) is 13.0 Å². The molecular weight excluding hydrogens is 146 g/mol. The molecule has 0 fully saturated rings. The van der Waals surface area contributed by atoms with Crippen LogP contribution >= 0.6 is 0 Å². The van der Waals surface area contributed by atoms with Gasteiger partial charge in [-0.2, -0.15) is 0 Å². The highest BCUT2D eigenvalue weighted by molar-refractivity contribution is 5.72. The quantitative estimate of drug-likeness (QED) is 0.219. The van der Waals surface area contributed by atoms with Crippen molar-refractivity contribution in [1.82, 2.24) is 0 Å². The van der Waals surface area contributed by atoms with Gasteiger partial charge in [0.1, 0.15) is 6.10 Å². The van der Waals surface area contributed by atoms with Crippen LogP contribution in [0.4, 0.5) is 0 Å². The lowest BCUT2D eigenvalue weighted by Gasteiger charge is -2.12. The maximum atomic E-state index is 8.24. The zero-order chi connectivity index (χ0) is 8.69. The summed E-state index contributed by atoms with van der Waals surface area (Å²) in [4.78, 5) is 0. The van der Waals surface area contributed by atoms with E-state index in [1.54, 1.807) is 20.1 Å². The second kappa shape index (κ2) is 5.73. The second-order valence-corrected chi connectivity index (χ2v) is 1.97. The molecule has 0 saturated heterocycles. The maximum Gasteiger partial charge on any atom is 0.222 e. The summed E-state index contributed by atoms with van der Waals surface area (Å²) in [5.74, 6) is 0.201. The Morgan fingerprint density at radius 3 is 2.82 bits per heavy atom. The number of ether oxygens (including phenoxy) is 2. The van der Waals surface area contributed by atoms with Gasteiger partial charge in [0.05, 0.1) is 6.61 Å². The summed E-state index contributed by atoms with van der Waals surface area (Å²) in [6, 6.07) is 0. The zero-order valence-electron chi connectivity index (χ0n) is 6.78. The summed E-state index contributed by atoms with van der Waals surface area (Å²) in [6.45, 7) is 5.47. The molecule has 0 aromatic heterocycles. The molecule has 4 heteroatoms. The molecule has 0 saturated carbocycles. The van der Waals surface area contributed by atoms with E-state index in [9.17, 15) is 0 Å². The van der Waals surface area contributed by atoms with Crippen LogP contribution in [-0.2, 0) is 9.47 Å². The van der Waals surface area contributed by atoms with Gasteiger partial charge in [-0.1, -0.05) is 11.7 Å². The van der Waals surface area contributed by atoms with E-state index in [4.69, 9.17) is 14.7 Å². The summed E-state index contributed by atoms with van der Waals surface area (Å²) in [5, 5.41) is 11.1. The monoisotopic (exact) mass is 159 g/mol. The third-order valence-electron chi connectivity index (χ3n) is 1.06. The molecule has 0 rings (SSSR count). The van der Waals surface area contributed by atoms with Gasteiger partial charge in [0.2, 0.25) is 5.90 Å². The summed E-state index contributed by atoms with van der Waals surface area (Å²) < 4.78 is 9.85. The molecule has 0 spiro atoms. The van der Waals surface area contributed by atoms with Gasteiger partial charge in [0, 0.05) is 14.0 Å². The average molecular weight is 159 g/mol. The molecule has 0 bridgehead atoms. The highest BCUT2D eigenvalue weighted by Gasteiger charge is 2.04. The molecule has 0 radical (unpaired) electrons. The molecule has 0 heterocycles. The van der Waals surface area contributed by atoms with E-state index in [2.05, 4.69) is 11.7 Å². The first-order valence-corrected chi connectivity index (χ1v) is 3.21. The molecule has 64 valence electrons. The predicted octanol–water partition coefficient (Wildman–Crippen LogP) is 1.01. The Bertz CT molecular complexity index is 145. The van der Waals surface area contributed by atoms with E-state index in [0.717, 1.165) is 0 Å². The second-order valence-electron chi connectivity index (χ2n) is 1.97. The van der Waals surface area contributed by atoms with Crippen molar-refractivity contribution in [3.8, 4) is 0 Å². The van der Waals surface area contributed by atoms with Gasteiger partial charge < -0.3 is 14.7 Å². The molecule has 4 nitrogen and oxygen atoms in total. The van der Waals surface area contributed by atoms with Crippen LogP contribution in [0.1, 0.15) is 6.92 Å². The Hall–Kier alpha value is -1.03. The van der Waals surface area contributed by atoms with Crippen molar-refractivity contribution in [1.29, 1.82) is 0 Å². The average Bonchev–Trinajstić information content (AvgIpc) is 2.03. The van der Waals surface area contributed by atoms with Crippen molar-refractivity contribution in [3.05, 3.63) is 12.7 Å². The fourth-order valence-electron chi connectivity index (χ4n) is 0.557. The minimum atomic E-state index is -0.254. The lowest BCUT2D eigenvalue weighted by molar-refractivity contribution is 0.0963. The molecule has 1 atom stereocenters. The van der Waals surface area contributed by atoms with Crippen LogP contribution in [0, 0.1) is 0 Å². The van der Waals surface area contributed by atoms with E-state index in [0.29, 0.717) is 6.61 Å². The van der Waals surface area contributed by atoms with Gasteiger partial charge >= 0.3 is 0 Å². The van der Waals surface area contributed by atoms with Crippen LogP contribution < -0.4 is 0 Å². The zero-order valence-corrected chi connectivity index (χ0v) is 6.78. The standard InChI is InChI=1S/C7H13NO3/c1-4-7(5-10-3)11-6(2)8-9/h4,7,9H,1,5H2,2-3H3/t7-/m0/s1. The van der Waals surface area contributed by atoms with Crippen molar-refractivity contribution in [2.75, 3.05) is 13.7 Å². The topological polar surface area (TPSA) is 51.0 Å². The first-order valence-electron chi connectivity index (χ1n) is 3.21. The van der Waals surface area contributed by atoms with Crippen LogP contribution in [0.25, 0.3) is 0 Å². The Kier molecular flexibility index (Phi) is 5.20. The van der Waals surface area contributed by atoms with Crippen LogP contribution in [-0.4, -0.2) is 30.9 Å². The third-order valence-corrected chi connectivity index (χ3v) is 1.06. The molecule has 0 aromatic carbocycles. The molecule has 0 aliphatic heterocycles. The number of oxime groups is 1. The predicted molar refractivity (Wildman–Crippen MR) is 41.8 cm³/mol. The number of hydrogen-bond donors (Lipinski definition) is 1. The largest absolute Gasteiger partial charge is 0.469 e. The van der Waals surface area contributed by atoms with Gasteiger partial charge in [-0.05, 0) is 6.08 Å². The fraction of sp³-hybridized carbons (Fsp3) is 0.571. The fourth-order valence-corrected chi connectivity index (χ4v) is 0.557. The Labute approximate surface area is 66.1 Å². The lowest BCUT2D eigenvalue weighted by Crippen LogP contribution is -2.18. The van der Waals surface area contributed by atoms with Gasteiger partial charge in [0.25, 0.3) is 0 Å².